The second-order valence-corrected chi connectivity index (χ2v) is 5.56. The Labute approximate surface area is 145 Å². The highest BCUT2D eigenvalue weighted by molar-refractivity contribution is 5.15. The molecule has 2 aromatic rings. The van der Waals surface area contributed by atoms with Crippen molar-refractivity contribution in [2.75, 3.05) is 26.4 Å². The van der Waals surface area contributed by atoms with Crippen molar-refractivity contribution in [3.63, 3.8) is 0 Å². The largest absolute Gasteiger partial charge is 0.379 e. The fourth-order valence-electron chi connectivity index (χ4n) is 2.33. The van der Waals surface area contributed by atoms with Gasteiger partial charge in [-0.2, -0.15) is 0 Å². The molecule has 24 heavy (non-hydrogen) atoms. The van der Waals surface area contributed by atoms with Gasteiger partial charge in [-0.05, 0) is 18.1 Å². The molecule has 0 aliphatic rings. The summed E-state index contributed by atoms with van der Waals surface area (Å²) in [4.78, 5) is 0. The maximum Gasteiger partial charge on any atom is 0.0818 e. The third kappa shape index (κ3) is 7.70. The van der Waals surface area contributed by atoms with Gasteiger partial charge < -0.3 is 9.47 Å². The van der Waals surface area contributed by atoms with E-state index < -0.39 is 0 Å². The van der Waals surface area contributed by atoms with Gasteiger partial charge in [0, 0.05) is 19.7 Å². The van der Waals surface area contributed by atoms with E-state index in [-0.39, 0.29) is 6.17 Å². The fourth-order valence-corrected chi connectivity index (χ4v) is 2.33. The minimum Gasteiger partial charge on any atom is -0.379 e. The summed E-state index contributed by atoms with van der Waals surface area (Å²) >= 11 is 0. The molecule has 0 aromatic heterocycles. The first-order chi connectivity index (χ1) is 11.9. The van der Waals surface area contributed by atoms with E-state index in [2.05, 4.69) is 59.2 Å². The molecule has 0 saturated carbocycles. The maximum absolute atomic E-state index is 5.72. The first-order valence-corrected chi connectivity index (χ1v) is 8.58. The number of benzene rings is 2. The normalized spacial score (nSPS) is 11.1. The van der Waals surface area contributed by atoms with Gasteiger partial charge in [-0.3, -0.25) is 10.6 Å². The van der Waals surface area contributed by atoms with Crippen LogP contribution in [0.25, 0.3) is 0 Å². The molecule has 4 nitrogen and oxygen atoms in total. The van der Waals surface area contributed by atoms with Crippen LogP contribution in [0, 0.1) is 0 Å². The monoisotopic (exact) mass is 328 g/mol. The third-order valence-electron chi connectivity index (χ3n) is 3.65. The highest BCUT2D eigenvalue weighted by Crippen LogP contribution is 2.00. The van der Waals surface area contributed by atoms with E-state index >= 15 is 0 Å². The van der Waals surface area contributed by atoms with Crippen molar-refractivity contribution in [3.05, 3.63) is 71.8 Å². The zero-order valence-corrected chi connectivity index (χ0v) is 14.4. The van der Waals surface area contributed by atoms with Crippen LogP contribution in [0.15, 0.2) is 60.7 Å². The summed E-state index contributed by atoms with van der Waals surface area (Å²) in [7, 11) is 0. The molecular weight excluding hydrogens is 300 g/mol. The van der Waals surface area contributed by atoms with Gasteiger partial charge in [0.05, 0.1) is 26.0 Å². The Morgan fingerprint density at radius 1 is 0.750 bits per heavy atom. The summed E-state index contributed by atoms with van der Waals surface area (Å²) in [5.74, 6) is 0. The molecule has 0 heterocycles. The molecule has 0 bridgehead atoms. The van der Waals surface area contributed by atoms with E-state index in [1.54, 1.807) is 0 Å². The third-order valence-corrected chi connectivity index (χ3v) is 3.65. The van der Waals surface area contributed by atoms with Crippen molar-refractivity contribution < 1.29 is 9.47 Å². The van der Waals surface area contributed by atoms with Crippen LogP contribution >= 0.6 is 0 Å². The van der Waals surface area contributed by atoms with Gasteiger partial charge in [0.15, 0.2) is 0 Å². The van der Waals surface area contributed by atoms with Crippen LogP contribution in [0.4, 0.5) is 0 Å². The predicted molar refractivity (Wildman–Crippen MR) is 97.7 cm³/mol. The van der Waals surface area contributed by atoms with Gasteiger partial charge in [0.2, 0.25) is 0 Å². The molecule has 2 N–H and O–H groups in total. The van der Waals surface area contributed by atoms with E-state index in [1.807, 2.05) is 19.1 Å². The van der Waals surface area contributed by atoms with Gasteiger partial charge in [-0.15, -0.1) is 0 Å². The second kappa shape index (κ2) is 11.8. The molecular formula is C20H28N2O2. The SMILES string of the molecule is CCOCCOCC(NCc1ccccc1)NCc1ccccc1. The van der Waals surface area contributed by atoms with E-state index in [0.717, 1.165) is 19.7 Å². The first-order valence-electron chi connectivity index (χ1n) is 8.58. The van der Waals surface area contributed by atoms with Crippen molar-refractivity contribution in [2.24, 2.45) is 0 Å². The van der Waals surface area contributed by atoms with E-state index in [1.165, 1.54) is 11.1 Å². The quantitative estimate of drug-likeness (QED) is 0.464. The van der Waals surface area contributed by atoms with Crippen molar-refractivity contribution in [1.82, 2.24) is 10.6 Å². The molecule has 0 atom stereocenters. The lowest BCUT2D eigenvalue weighted by molar-refractivity contribution is 0.0389. The zero-order chi connectivity index (χ0) is 16.9. The second-order valence-electron chi connectivity index (χ2n) is 5.56. The molecule has 0 saturated heterocycles. The number of rotatable bonds is 12. The Bertz CT molecular complexity index is 490. The van der Waals surface area contributed by atoms with Crippen LogP contribution in [-0.2, 0) is 22.6 Å². The zero-order valence-electron chi connectivity index (χ0n) is 14.4. The fraction of sp³-hybridized carbons (Fsp3) is 0.400. The van der Waals surface area contributed by atoms with Crippen molar-refractivity contribution >= 4 is 0 Å². The number of ether oxygens (including phenoxy) is 2. The van der Waals surface area contributed by atoms with Crippen LogP contribution in [0.3, 0.4) is 0 Å². The first kappa shape index (κ1) is 18.6. The van der Waals surface area contributed by atoms with Gasteiger partial charge in [0.25, 0.3) is 0 Å². The van der Waals surface area contributed by atoms with Crippen LogP contribution in [0.1, 0.15) is 18.1 Å². The number of hydrogen-bond donors (Lipinski definition) is 2. The number of hydrogen-bond acceptors (Lipinski definition) is 4. The molecule has 4 heteroatoms. The van der Waals surface area contributed by atoms with Gasteiger partial charge >= 0.3 is 0 Å². The molecule has 2 rings (SSSR count). The molecule has 2 aromatic carbocycles. The van der Waals surface area contributed by atoms with Crippen LogP contribution in [-0.4, -0.2) is 32.6 Å². The highest BCUT2D eigenvalue weighted by atomic mass is 16.5. The molecule has 0 spiro atoms. The maximum atomic E-state index is 5.72. The lowest BCUT2D eigenvalue weighted by atomic mass is 10.2. The Morgan fingerprint density at radius 3 is 1.75 bits per heavy atom. The Kier molecular flexibility index (Phi) is 9.12. The Balaban J connectivity index is 1.78. The van der Waals surface area contributed by atoms with Crippen molar-refractivity contribution in [2.45, 2.75) is 26.2 Å². The van der Waals surface area contributed by atoms with E-state index in [9.17, 15) is 0 Å². The summed E-state index contributed by atoms with van der Waals surface area (Å²) in [6, 6.07) is 20.8. The standard InChI is InChI=1S/C20H28N2O2/c1-2-23-13-14-24-17-20(21-15-18-9-5-3-6-10-18)22-16-19-11-7-4-8-12-19/h3-12,20-22H,2,13-17H2,1H3. The molecule has 0 aliphatic heterocycles. The molecule has 0 radical (unpaired) electrons. The number of nitrogens with one attached hydrogen (secondary N) is 2. The van der Waals surface area contributed by atoms with Crippen molar-refractivity contribution in [1.29, 1.82) is 0 Å². The van der Waals surface area contributed by atoms with Gasteiger partial charge in [-0.1, -0.05) is 60.7 Å². The summed E-state index contributed by atoms with van der Waals surface area (Å²) in [5.41, 5.74) is 2.52. The summed E-state index contributed by atoms with van der Waals surface area (Å²) in [5, 5.41) is 7.04. The molecule has 0 fully saturated rings. The predicted octanol–water partition coefficient (Wildman–Crippen LogP) is 2.95. The van der Waals surface area contributed by atoms with Crippen molar-refractivity contribution in [3.8, 4) is 0 Å². The molecule has 130 valence electrons. The van der Waals surface area contributed by atoms with Crippen LogP contribution in [0.2, 0.25) is 0 Å². The van der Waals surface area contributed by atoms with Gasteiger partial charge in [0.1, 0.15) is 0 Å². The smallest absolute Gasteiger partial charge is 0.0818 e. The molecule has 0 amide bonds. The van der Waals surface area contributed by atoms with Crippen LogP contribution < -0.4 is 10.6 Å². The molecule has 0 aliphatic carbocycles. The van der Waals surface area contributed by atoms with E-state index in [4.69, 9.17) is 9.47 Å². The summed E-state index contributed by atoms with van der Waals surface area (Å²) in [6.07, 6.45) is 0.0899. The Morgan fingerprint density at radius 2 is 1.25 bits per heavy atom. The minimum atomic E-state index is 0.0899. The Hall–Kier alpha value is -1.72. The summed E-state index contributed by atoms with van der Waals surface area (Å²) in [6.45, 7) is 6.19. The average molecular weight is 328 g/mol. The van der Waals surface area contributed by atoms with Crippen LogP contribution in [0.5, 0.6) is 0 Å². The lowest BCUT2D eigenvalue weighted by Crippen LogP contribution is -2.45. The van der Waals surface area contributed by atoms with E-state index in [0.29, 0.717) is 19.8 Å². The topological polar surface area (TPSA) is 42.5 Å². The highest BCUT2D eigenvalue weighted by Gasteiger charge is 2.08. The summed E-state index contributed by atoms with van der Waals surface area (Å²) < 4.78 is 11.0. The minimum absolute atomic E-state index is 0.0899. The molecule has 0 unspecified atom stereocenters. The van der Waals surface area contributed by atoms with Gasteiger partial charge in [-0.25, -0.2) is 0 Å². The average Bonchev–Trinajstić information content (AvgIpc) is 2.65. The lowest BCUT2D eigenvalue weighted by Gasteiger charge is -2.21.